The van der Waals surface area contributed by atoms with E-state index in [2.05, 4.69) is 16.0 Å². The molecule has 1 saturated heterocycles. The van der Waals surface area contributed by atoms with Crippen LogP contribution in [0.15, 0.2) is 54.6 Å². The molecular formula is C30H40N4O6. The van der Waals surface area contributed by atoms with Crippen molar-refractivity contribution < 1.29 is 29.4 Å². The number of piperidine rings is 1. The van der Waals surface area contributed by atoms with Gasteiger partial charge in [0.1, 0.15) is 6.04 Å². The number of hydrogen-bond donors (Lipinski definition) is 5. The number of rotatable bonds is 14. The summed E-state index contributed by atoms with van der Waals surface area (Å²) < 4.78 is 0. The molecule has 0 aromatic heterocycles. The molecule has 3 rings (SSSR count). The zero-order valence-corrected chi connectivity index (χ0v) is 23.0. The summed E-state index contributed by atoms with van der Waals surface area (Å²) in [6.45, 7) is 3.45. The molecule has 10 heteroatoms. The Hall–Kier alpha value is -3.92. The molecule has 2 aromatic carbocycles. The van der Waals surface area contributed by atoms with Gasteiger partial charge in [0.05, 0.1) is 5.92 Å². The van der Waals surface area contributed by atoms with Gasteiger partial charge in [-0.2, -0.15) is 0 Å². The molecule has 0 aliphatic carbocycles. The molecule has 5 N–H and O–H groups in total. The number of unbranched alkanes of at least 4 members (excludes halogenated alkanes) is 1. The van der Waals surface area contributed by atoms with Gasteiger partial charge in [-0.1, -0.05) is 67.9 Å². The average molecular weight is 553 g/mol. The minimum absolute atomic E-state index is 0.0758. The van der Waals surface area contributed by atoms with E-state index >= 15 is 0 Å². The van der Waals surface area contributed by atoms with E-state index in [0.717, 1.165) is 36.2 Å². The van der Waals surface area contributed by atoms with Crippen LogP contribution in [0.5, 0.6) is 0 Å². The molecule has 1 aliphatic heterocycles. The van der Waals surface area contributed by atoms with Gasteiger partial charge in [-0.3, -0.25) is 9.59 Å². The normalized spacial score (nSPS) is 15.0. The van der Waals surface area contributed by atoms with Crippen LogP contribution in [0.3, 0.4) is 0 Å². The lowest BCUT2D eigenvalue weighted by Gasteiger charge is -2.28. The molecular weight excluding hydrogens is 512 g/mol. The summed E-state index contributed by atoms with van der Waals surface area (Å²) in [5.74, 6) is -3.68. The number of carboxylic acid groups (broad SMARTS) is 2. The van der Waals surface area contributed by atoms with Crippen LogP contribution >= 0.6 is 0 Å². The minimum atomic E-state index is -1.19. The highest BCUT2D eigenvalue weighted by Crippen LogP contribution is 2.20. The summed E-state index contributed by atoms with van der Waals surface area (Å²) in [4.78, 5) is 51.1. The Morgan fingerprint density at radius 3 is 2.20 bits per heavy atom. The molecule has 1 heterocycles. The van der Waals surface area contributed by atoms with E-state index in [-0.39, 0.29) is 37.9 Å². The quantitative estimate of drug-likeness (QED) is 0.242. The van der Waals surface area contributed by atoms with Gasteiger partial charge in [0.2, 0.25) is 5.91 Å². The molecule has 1 aliphatic rings. The number of carbonyl (C=O) groups is 4. The van der Waals surface area contributed by atoms with Crippen LogP contribution in [0.25, 0.3) is 11.1 Å². The van der Waals surface area contributed by atoms with Gasteiger partial charge in [-0.15, -0.1) is 0 Å². The fourth-order valence-corrected chi connectivity index (χ4v) is 4.71. The molecule has 216 valence electrons. The van der Waals surface area contributed by atoms with Crippen LogP contribution in [-0.4, -0.2) is 77.8 Å². The number of urea groups is 1. The topological polar surface area (TPSA) is 148 Å². The Morgan fingerprint density at radius 1 is 0.950 bits per heavy atom. The van der Waals surface area contributed by atoms with Crippen molar-refractivity contribution in [3.8, 4) is 11.1 Å². The fourth-order valence-electron chi connectivity index (χ4n) is 4.71. The van der Waals surface area contributed by atoms with Crippen molar-refractivity contribution in [1.82, 2.24) is 20.9 Å². The third-order valence-corrected chi connectivity index (χ3v) is 7.19. The monoisotopic (exact) mass is 552 g/mol. The lowest BCUT2D eigenvalue weighted by Crippen LogP contribution is -2.52. The van der Waals surface area contributed by atoms with E-state index in [1.807, 2.05) is 61.5 Å². The standard InChI is InChI=1S/C30H40N4O6/c1-2-3-17-34(20-25(28(36)37)19-32-27(35)24-13-15-31-16-14-24)30(40)33-26(29(38)39)18-21-9-11-23(12-10-21)22-7-5-4-6-8-22/h4-12,24-26,31H,2-3,13-20H2,1H3,(H,32,35)(H,33,40)(H,36,37)(H,38,39)/t25-,26-/m0/s1. The number of hydrogen-bond acceptors (Lipinski definition) is 5. The first kappa shape index (κ1) is 30.6. The predicted octanol–water partition coefficient (Wildman–Crippen LogP) is 2.98. The maximum absolute atomic E-state index is 13.2. The molecule has 0 bridgehead atoms. The lowest BCUT2D eigenvalue weighted by molar-refractivity contribution is -0.142. The molecule has 0 unspecified atom stereocenters. The van der Waals surface area contributed by atoms with Crippen LogP contribution in [0, 0.1) is 11.8 Å². The van der Waals surface area contributed by atoms with Gasteiger partial charge < -0.3 is 31.1 Å². The summed E-state index contributed by atoms with van der Waals surface area (Å²) in [6.07, 6.45) is 2.86. The van der Waals surface area contributed by atoms with E-state index in [9.17, 15) is 29.4 Å². The molecule has 0 spiro atoms. The largest absolute Gasteiger partial charge is 0.481 e. The predicted molar refractivity (Wildman–Crippen MR) is 152 cm³/mol. The maximum Gasteiger partial charge on any atom is 0.326 e. The number of benzene rings is 2. The molecule has 3 amide bonds. The van der Waals surface area contributed by atoms with Crippen molar-refractivity contribution in [1.29, 1.82) is 0 Å². The maximum atomic E-state index is 13.2. The molecule has 2 atom stereocenters. The van der Waals surface area contributed by atoms with Crippen LogP contribution in [0.2, 0.25) is 0 Å². The highest BCUT2D eigenvalue weighted by Gasteiger charge is 2.29. The molecule has 40 heavy (non-hydrogen) atoms. The Labute approximate surface area is 235 Å². The van der Waals surface area contributed by atoms with Gasteiger partial charge in [-0.05, 0) is 49.0 Å². The molecule has 1 fully saturated rings. The Balaban J connectivity index is 1.63. The van der Waals surface area contributed by atoms with Crippen LogP contribution < -0.4 is 16.0 Å². The van der Waals surface area contributed by atoms with Crippen molar-refractivity contribution in [2.24, 2.45) is 11.8 Å². The lowest BCUT2D eigenvalue weighted by atomic mass is 9.97. The fraction of sp³-hybridized carbons (Fsp3) is 0.467. The summed E-state index contributed by atoms with van der Waals surface area (Å²) in [5, 5.41) is 28.2. The SMILES string of the molecule is CCCCN(C[C@H](CNC(=O)C1CCNCC1)C(=O)O)C(=O)N[C@@H](Cc1ccc(-c2ccccc2)cc1)C(=O)O. The van der Waals surface area contributed by atoms with E-state index in [4.69, 9.17) is 0 Å². The molecule has 2 aromatic rings. The van der Waals surface area contributed by atoms with Crippen LogP contribution in [0.1, 0.15) is 38.2 Å². The summed E-state index contributed by atoms with van der Waals surface area (Å²) >= 11 is 0. The first-order chi connectivity index (χ1) is 19.3. The highest BCUT2D eigenvalue weighted by molar-refractivity contribution is 5.83. The summed E-state index contributed by atoms with van der Waals surface area (Å²) in [5.41, 5.74) is 2.79. The highest BCUT2D eigenvalue weighted by atomic mass is 16.4. The second-order valence-corrected chi connectivity index (χ2v) is 10.2. The smallest absolute Gasteiger partial charge is 0.326 e. The van der Waals surface area contributed by atoms with E-state index < -0.39 is 29.9 Å². The van der Waals surface area contributed by atoms with Crippen LogP contribution in [-0.2, 0) is 20.8 Å². The van der Waals surface area contributed by atoms with Gasteiger partial charge >= 0.3 is 18.0 Å². The van der Waals surface area contributed by atoms with Crippen molar-refractivity contribution in [2.45, 2.75) is 45.1 Å². The second kappa shape index (κ2) is 15.6. The van der Waals surface area contributed by atoms with Gasteiger partial charge in [0, 0.05) is 32.0 Å². The molecule has 0 saturated carbocycles. The number of amides is 3. The van der Waals surface area contributed by atoms with Crippen molar-refractivity contribution in [3.05, 3.63) is 60.2 Å². The van der Waals surface area contributed by atoms with Crippen molar-refractivity contribution in [3.63, 3.8) is 0 Å². The number of nitrogens with one attached hydrogen (secondary N) is 3. The van der Waals surface area contributed by atoms with E-state index in [0.29, 0.717) is 19.3 Å². The first-order valence-electron chi connectivity index (χ1n) is 13.9. The Morgan fingerprint density at radius 2 is 1.60 bits per heavy atom. The number of nitrogens with zero attached hydrogens (tertiary/aromatic N) is 1. The van der Waals surface area contributed by atoms with Gasteiger partial charge in [0.15, 0.2) is 0 Å². The van der Waals surface area contributed by atoms with Crippen LogP contribution in [0.4, 0.5) is 4.79 Å². The zero-order chi connectivity index (χ0) is 28.9. The Bertz CT molecular complexity index is 1120. The van der Waals surface area contributed by atoms with Crippen molar-refractivity contribution in [2.75, 3.05) is 32.7 Å². The first-order valence-corrected chi connectivity index (χ1v) is 13.9. The van der Waals surface area contributed by atoms with Gasteiger partial charge in [-0.25, -0.2) is 9.59 Å². The number of carbonyl (C=O) groups excluding carboxylic acids is 2. The third-order valence-electron chi connectivity index (χ3n) is 7.19. The van der Waals surface area contributed by atoms with E-state index in [1.54, 1.807) is 0 Å². The molecule has 10 nitrogen and oxygen atoms in total. The molecule has 0 radical (unpaired) electrons. The third kappa shape index (κ3) is 9.37. The number of aliphatic carboxylic acids is 2. The summed E-state index contributed by atoms with van der Waals surface area (Å²) in [7, 11) is 0. The van der Waals surface area contributed by atoms with Crippen molar-refractivity contribution >= 4 is 23.9 Å². The zero-order valence-electron chi connectivity index (χ0n) is 23.0. The van der Waals surface area contributed by atoms with Gasteiger partial charge in [0.25, 0.3) is 0 Å². The number of carboxylic acids is 2. The van der Waals surface area contributed by atoms with E-state index in [1.165, 1.54) is 4.90 Å². The Kier molecular flexibility index (Phi) is 12.0. The second-order valence-electron chi connectivity index (χ2n) is 10.2. The average Bonchev–Trinajstić information content (AvgIpc) is 2.97. The minimum Gasteiger partial charge on any atom is -0.481 e. The summed E-state index contributed by atoms with van der Waals surface area (Å²) in [6, 6.07) is 15.5.